The maximum Gasteiger partial charge on any atom is 0.231 e. The third kappa shape index (κ3) is 3.31. The van der Waals surface area contributed by atoms with Gasteiger partial charge in [0.25, 0.3) is 0 Å². The largest absolute Gasteiger partial charge is 0.464 e. The predicted molar refractivity (Wildman–Crippen MR) is 93.9 cm³/mol. The van der Waals surface area contributed by atoms with Crippen molar-refractivity contribution in [1.29, 1.82) is 0 Å². The monoisotopic (exact) mass is 337 g/mol. The predicted octanol–water partition coefficient (Wildman–Crippen LogP) is 3.37. The Hall–Kier alpha value is -2.95. The van der Waals surface area contributed by atoms with E-state index in [0.29, 0.717) is 13.0 Å². The molecule has 0 radical (unpaired) electrons. The number of fused-ring (bicyclic) bond motifs is 2. The molecular weight excluding hydrogens is 318 g/mol. The van der Waals surface area contributed by atoms with Gasteiger partial charge in [0.05, 0.1) is 12.7 Å². The van der Waals surface area contributed by atoms with Gasteiger partial charge >= 0.3 is 0 Å². The molecule has 0 fully saturated rings. The number of amides is 1. The van der Waals surface area contributed by atoms with Gasteiger partial charge in [0.2, 0.25) is 12.7 Å². The Balaban J connectivity index is 1.33. The minimum absolute atomic E-state index is 0.0102. The molecule has 1 N–H and O–H groups in total. The molecule has 128 valence electrons. The van der Waals surface area contributed by atoms with E-state index in [-0.39, 0.29) is 12.7 Å². The van der Waals surface area contributed by atoms with E-state index in [0.717, 1.165) is 45.6 Å². The lowest BCUT2D eigenvalue weighted by Gasteiger charge is -2.06. The van der Waals surface area contributed by atoms with Crippen LogP contribution in [0.2, 0.25) is 0 Å². The van der Waals surface area contributed by atoms with Crippen LogP contribution >= 0.6 is 0 Å². The smallest absolute Gasteiger partial charge is 0.231 e. The van der Waals surface area contributed by atoms with Crippen molar-refractivity contribution in [3.05, 3.63) is 59.4 Å². The average molecular weight is 337 g/mol. The van der Waals surface area contributed by atoms with E-state index in [1.807, 2.05) is 43.3 Å². The molecule has 5 heteroatoms. The number of hydrogen-bond donors (Lipinski definition) is 1. The molecule has 1 aromatic heterocycles. The molecule has 1 aliphatic heterocycles. The summed E-state index contributed by atoms with van der Waals surface area (Å²) in [6, 6.07) is 11.9. The van der Waals surface area contributed by atoms with Gasteiger partial charge in [0.15, 0.2) is 11.5 Å². The Bertz CT molecular complexity index is 929. The lowest BCUT2D eigenvalue weighted by Crippen LogP contribution is -2.27. The van der Waals surface area contributed by atoms with Gasteiger partial charge in [-0.25, -0.2) is 0 Å². The number of carbonyl (C=O) groups excluding carboxylic acids is 1. The van der Waals surface area contributed by atoms with Crippen LogP contribution in [0.15, 0.2) is 47.1 Å². The van der Waals surface area contributed by atoms with Gasteiger partial charge in [0, 0.05) is 17.5 Å². The van der Waals surface area contributed by atoms with E-state index in [4.69, 9.17) is 13.9 Å². The van der Waals surface area contributed by atoms with Crippen LogP contribution in [0.4, 0.5) is 0 Å². The van der Waals surface area contributed by atoms with E-state index < -0.39 is 0 Å². The van der Waals surface area contributed by atoms with Crippen molar-refractivity contribution < 1.29 is 18.7 Å². The van der Waals surface area contributed by atoms with E-state index in [9.17, 15) is 4.79 Å². The van der Waals surface area contributed by atoms with Crippen LogP contribution in [0.5, 0.6) is 11.5 Å². The summed E-state index contributed by atoms with van der Waals surface area (Å²) in [5.41, 5.74) is 3.98. The zero-order chi connectivity index (χ0) is 17.2. The summed E-state index contributed by atoms with van der Waals surface area (Å²) >= 11 is 0. The highest BCUT2D eigenvalue weighted by molar-refractivity contribution is 5.87. The first kappa shape index (κ1) is 15.6. The number of ether oxygens (including phenoxy) is 2. The van der Waals surface area contributed by atoms with Crippen molar-refractivity contribution in [2.75, 3.05) is 13.3 Å². The molecule has 0 unspecified atom stereocenters. The summed E-state index contributed by atoms with van der Waals surface area (Å²) in [7, 11) is 0. The second-order valence-corrected chi connectivity index (χ2v) is 6.22. The number of rotatable bonds is 5. The Morgan fingerprint density at radius 1 is 1.12 bits per heavy atom. The minimum atomic E-state index is -0.0102. The van der Waals surface area contributed by atoms with Crippen LogP contribution in [0.1, 0.15) is 16.7 Å². The first-order chi connectivity index (χ1) is 12.2. The zero-order valence-corrected chi connectivity index (χ0v) is 14.0. The van der Waals surface area contributed by atoms with Crippen LogP contribution in [0.25, 0.3) is 11.0 Å². The topological polar surface area (TPSA) is 60.7 Å². The second kappa shape index (κ2) is 6.51. The van der Waals surface area contributed by atoms with Crippen molar-refractivity contribution >= 4 is 16.9 Å². The molecule has 0 aliphatic carbocycles. The first-order valence-electron chi connectivity index (χ1n) is 8.31. The van der Waals surface area contributed by atoms with Gasteiger partial charge in [-0.2, -0.15) is 0 Å². The van der Waals surface area contributed by atoms with E-state index in [1.165, 1.54) is 0 Å². The van der Waals surface area contributed by atoms with E-state index >= 15 is 0 Å². The molecule has 25 heavy (non-hydrogen) atoms. The maximum absolute atomic E-state index is 12.2. The highest BCUT2D eigenvalue weighted by atomic mass is 16.7. The molecule has 2 heterocycles. The molecule has 0 spiro atoms. The minimum Gasteiger partial charge on any atom is -0.464 e. The Labute approximate surface area is 145 Å². The van der Waals surface area contributed by atoms with Gasteiger partial charge in [-0.05, 0) is 42.7 Å². The SMILES string of the molecule is Cc1ccc2c(CC(=O)NCCc3ccc4c(c3)OCO4)coc2c1. The summed E-state index contributed by atoms with van der Waals surface area (Å²) < 4.78 is 16.2. The van der Waals surface area contributed by atoms with Crippen LogP contribution in [0.3, 0.4) is 0 Å². The average Bonchev–Trinajstić information content (AvgIpc) is 3.21. The van der Waals surface area contributed by atoms with Gasteiger partial charge < -0.3 is 19.2 Å². The number of hydrogen-bond acceptors (Lipinski definition) is 4. The fraction of sp³-hybridized carbons (Fsp3) is 0.250. The summed E-state index contributed by atoms with van der Waals surface area (Å²) in [5.74, 6) is 1.53. The number of furan rings is 1. The van der Waals surface area contributed by atoms with Crippen molar-refractivity contribution in [2.24, 2.45) is 0 Å². The Morgan fingerprint density at radius 3 is 2.92 bits per heavy atom. The number of benzene rings is 2. The summed E-state index contributed by atoms with van der Waals surface area (Å²) in [6.45, 7) is 2.87. The number of carbonyl (C=O) groups is 1. The van der Waals surface area contributed by atoms with Crippen LogP contribution in [-0.4, -0.2) is 19.2 Å². The third-order valence-corrected chi connectivity index (χ3v) is 4.34. The fourth-order valence-electron chi connectivity index (χ4n) is 3.01. The molecule has 3 aromatic rings. The van der Waals surface area contributed by atoms with Gasteiger partial charge in [-0.3, -0.25) is 4.79 Å². The molecule has 4 rings (SSSR count). The van der Waals surface area contributed by atoms with Crippen molar-refractivity contribution in [1.82, 2.24) is 5.32 Å². The lowest BCUT2D eigenvalue weighted by atomic mass is 10.1. The first-order valence-corrected chi connectivity index (χ1v) is 8.31. The molecule has 2 aromatic carbocycles. The maximum atomic E-state index is 12.2. The Morgan fingerprint density at radius 2 is 2.00 bits per heavy atom. The highest BCUT2D eigenvalue weighted by Crippen LogP contribution is 2.32. The molecule has 0 saturated carbocycles. The normalized spacial score (nSPS) is 12.5. The van der Waals surface area contributed by atoms with Crippen molar-refractivity contribution in [2.45, 2.75) is 19.8 Å². The van der Waals surface area contributed by atoms with Crippen LogP contribution in [0, 0.1) is 6.92 Å². The van der Waals surface area contributed by atoms with Crippen molar-refractivity contribution in [3.63, 3.8) is 0 Å². The Kier molecular flexibility index (Phi) is 4.06. The molecule has 5 nitrogen and oxygen atoms in total. The summed E-state index contributed by atoms with van der Waals surface area (Å²) in [6.07, 6.45) is 2.73. The third-order valence-electron chi connectivity index (χ3n) is 4.34. The quantitative estimate of drug-likeness (QED) is 0.775. The summed E-state index contributed by atoms with van der Waals surface area (Å²) in [5, 5.41) is 3.96. The van der Waals surface area contributed by atoms with Crippen molar-refractivity contribution in [3.8, 4) is 11.5 Å². The van der Waals surface area contributed by atoms with E-state index in [2.05, 4.69) is 5.32 Å². The summed E-state index contributed by atoms with van der Waals surface area (Å²) in [4.78, 5) is 12.2. The molecule has 0 saturated heterocycles. The molecule has 0 atom stereocenters. The fourth-order valence-corrected chi connectivity index (χ4v) is 3.01. The standard InChI is InChI=1S/C20H19NO4/c1-13-2-4-16-15(11-23-18(16)8-13)10-20(22)21-7-6-14-3-5-17-19(9-14)25-12-24-17/h2-5,8-9,11H,6-7,10,12H2,1H3,(H,21,22). The van der Waals surface area contributed by atoms with Gasteiger partial charge in [0.1, 0.15) is 5.58 Å². The number of aryl methyl sites for hydroxylation is 1. The van der Waals surface area contributed by atoms with E-state index in [1.54, 1.807) is 6.26 Å². The highest BCUT2D eigenvalue weighted by Gasteiger charge is 2.13. The number of nitrogens with one attached hydrogen (secondary N) is 1. The molecule has 0 bridgehead atoms. The lowest BCUT2D eigenvalue weighted by molar-refractivity contribution is -0.120. The molecule has 1 aliphatic rings. The van der Waals surface area contributed by atoms with Crippen LogP contribution in [-0.2, 0) is 17.6 Å². The van der Waals surface area contributed by atoms with Crippen LogP contribution < -0.4 is 14.8 Å². The second-order valence-electron chi connectivity index (χ2n) is 6.22. The van der Waals surface area contributed by atoms with Gasteiger partial charge in [-0.1, -0.05) is 18.2 Å². The van der Waals surface area contributed by atoms with Gasteiger partial charge in [-0.15, -0.1) is 0 Å². The molecular formula is C20H19NO4. The zero-order valence-electron chi connectivity index (χ0n) is 14.0. The molecule has 1 amide bonds.